The van der Waals surface area contributed by atoms with Crippen molar-refractivity contribution in [3.63, 3.8) is 0 Å². The van der Waals surface area contributed by atoms with Crippen LogP contribution in [0.1, 0.15) is 20.3 Å². The van der Waals surface area contributed by atoms with E-state index in [1.165, 1.54) is 6.08 Å². The van der Waals surface area contributed by atoms with E-state index in [1.54, 1.807) is 13.8 Å². The smallest absolute Gasteiger partial charge is 0.244 e. The van der Waals surface area contributed by atoms with Crippen LogP contribution < -0.4 is 0 Å². The molecule has 0 aromatic heterocycles. The first-order valence-corrected chi connectivity index (χ1v) is 4.52. The molecule has 1 rings (SSSR count). The maximum Gasteiger partial charge on any atom is 0.244 e. The Hall–Kier alpha value is -0.940. The molecule has 0 saturated carbocycles. The molecule has 0 unspecified atom stereocenters. The Morgan fingerprint density at radius 1 is 1.79 bits per heavy atom. The van der Waals surface area contributed by atoms with Gasteiger partial charge in [0.15, 0.2) is 11.9 Å². The van der Waals surface area contributed by atoms with Crippen molar-refractivity contribution in [1.29, 1.82) is 0 Å². The Balaban J connectivity index is 2.62. The van der Waals surface area contributed by atoms with Gasteiger partial charge in [0, 0.05) is 11.3 Å². The van der Waals surface area contributed by atoms with Crippen molar-refractivity contribution >= 4 is 0 Å². The van der Waals surface area contributed by atoms with Gasteiger partial charge in [0.1, 0.15) is 0 Å². The molecule has 0 aromatic rings. The maximum absolute atomic E-state index is 10.7. The third-order valence-electron chi connectivity index (χ3n) is 2.14. The van der Waals surface area contributed by atoms with E-state index in [4.69, 9.17) is 9.47 Å². The molecule has 0 aromatic carbocycles. The van der Waals surface area contributed by atoms with Crippen molar-refractivity contribution < 1.29 is 14.4 Å². The molecule has 1 aliphatic rings. The zero-order valence-electron chi connectivity index (χ0n) is 8.43. The summed E-state index contributed by atoms with van der Waals surface area (Å²) >= 11 is 0. The lowest BCUT2D eigenvalue weighted by atomic mass is 10.1. The lowest BCUT2D eigenvalue weighted by Crippen LogP contribution is -2.36. The quantitative estimate of drug-likeness (QED) is 0.391. The van der Waals surface area contributed by atoms with Crippen LogP contribution in [0.5, 0.6) is 0 Å². The van der Waals surface area contributed by atoms with Gasteiger partial charge >= 0.3 is 0 Å². The monoisotopic (exact) mass is 201 g/mol. The first kappa shape index (κ1) is 11.1. The highest BCUT2D eigenvalue weighted by atomic mass is 16.7. The molecule has 5 nitrogen and oxygen atoms in total. The lowest BCUT2D eigenvalue weighted by Gasteiger charge is -2.18. The van der Waals surface area contributed by atoms with Crippen molar-refractivity contribution in [2.45, 2.75) is 38.2 Å². The fourth-order valence-electron chi connectivity index (χ4n) is 1.45. The van der Waals surface area contributed by atoms with Crippen LogP contribution in [0.2, 0.25) is 0 Å². The van der Waals surface area contributed by atoms with E-state index in [0.717, 1.165) is 0 Å². The Bertz CT molecular complexity index is 239. The summed E-state index contributed by atoms with van der Waals surface area (Å²) in [6.07, 6.45) is 1.36. The molecule has 0 spiro atoms. The average molecular weight is 201 g/mol. The van der Waals surface area contributed by atoms with Crippen LogP contribution in [-0.4, -0.2) is 29.5 Å². The molecule has 0 radical (unpaired) electrons. The average Bonchev–Trinajstić information content (AvgIpc) is 2.41. The third kappa shape index (κ3) is 2.52. The van der Waals surface area contributed by atoms with Gasteiger partial charge in [0.2, 0.25) is 6.04 Å². The first-order chi connectivity index (χ1) is 6.46. The van der Waals surface area contributed by atoms with Gasteiger partial charge in [-0.3, -0.25) is 10.1 Å². The Labute approximate surface area is 82.8 Å². The van der Waals surface area contributed by atoms with Gasteiger partial charge in [-0.15, -0.1) is 6.58 Å². The SMILES string of the molecule is C=CC[C@@H]([C@H]1COC(C)(C)O1)[N+](=O)[O-]. The minimum Gasteiger partial charge on any atom is -0.348 e. The van der Waals surface area contributed by atoms with Crippen LogP contribution in [-0.2, 0) is 9.47 Å². The van der Waals surface area contributed by atoms with Gasteiger partial charge in [0.05, 0.1) is 6.61 Å². The summed E-state index contributed by atoms with van der Waals surface area (Å²) < 4.78 is 10.7. The zero-order valence-corrected chi connectivity index (χ0v) is 8.43. The van der Waals surface area contributed by atoms with Crippen LogP contribution in [0.3, 0.4) is 0 Å². The molecule has 0 N–H and O–H groups in total. The molecule has 5 heteroatoms. The summed E-state index contributed by atoms with van der Waals surface area (Å²) in [7, 11) is 0. The number of nitro groups is 1. The van der Waals surface area contributed by atoms with Gasteiger partial charge in [-0.2, -0.15) is 0 Å². The molecule has 1 aliphatic heterocycles. The highest BCUT2D eigenvalue weighted by Crippen LogP contribution is 2.26. The predicted molar refractivity (Wildman–Crippen MR) is 50.5 cm³/mol. The number of hydrogen-bond acceptors (Lipinski definition) is 4. The Kier molecular flexibility index (Phi) is 3.23. The van der Waals surface area contributed by atoms with E-state index >= 15 is 0 Å². The summed E-state index contributed by atoms with van der Waals surface area (Å²) in [6, 6.07) is -0.755. The second-order valence-corrected chi connectivity index (χ2v) is 3.74. The number of rotatable bonds is 4. The molecule has 0 amide bonds. The van der Waals surface area contributed by atoms with Crippen molar-refractivity contribution in [2.24, 2.45) is 0 Å². The van der Waals surface area contributed by atoms with Crippen molar-refractivity contribution in [3.05, 3.63) is 22.8 Å². The summed E-state index contributed by atoms with van der Waals surface area (Å²) in [5.41, 5.74) is 0. The lowest BCUT2D eigenvalue weighted by molar-refractivity contribution is -0.533. The van der Waals surface area contributed by atoms with Gasteiger partial charge in [-0.05, 0) is 13.8 Å². The normalized spacial score (nSPS) is 27.1. The van der Waals surface area contributed by atoms with Crippen LogP contribution in [0.15, 0.2) is 12.7 Å². The Morgan fingerprint density at radius 2 is 2.43 bits per heavy atom. The maximum atomic E-state index is 10.7. The van der Waals surface area contributed by atoms with Crippen LogP contribution in [0.4, 0.5) is 0 Å². The van der Waals surface area contributed by atoms with E-state index in [1.807, 2.05) is 0 Å². The molecule has 0 aliphatic carbocycles. The highest BCUT2D eigenvalue weighted by Gasteiger charge is 2.42. The second-order valence-electron chi connectivity index (χ2n) is 3.74. The van der Waals surface area contributed by atoms with Crippen LogP contribution >= 0.6 is 0 Å². The third-order valence-corrected chi connectivity index (χ3v) is 2.14. The molecule has 1 fully saturated rings. The van der Waals surface area contributed by atoms with E-state index in [2.05, 4.69) is 6.58 Å². The van der Waals surface area contributed by atoms with Crippen LogP contribution in [0, 0.1) is 10.1 Å². The van der Waals surface area contributed by atoms with E-state index in [9.17, 15) is 10.1 Å². The molecule has 2 atom stereocenters. The van der Waals surface area contributed by atoms with Gasteiger partial charge in [-0.25, -0.2) is 0 Å². The predicted octanol–water partition coefficient (Wildman–Crippen LogP) is 1.36. The van der Waals surface area contributed by atoms with Crippen molar-refractivity contribution in [3.8, 4) is 0 Å². The fourth-order valence-corrected chi connectivity index (χ4v) is 1.45. The van der Waals surface area contributed by atoms with Crippen LogP contribution in [0.25, 0.3) is 0 Å². The Morgan fingerprint density at radius 3 is 2.79 bits per heavy atom. The van der Waals surface area contributed by atoms with E-state index in [0.29, 0.717) is 6.42 Å². The van der Waals surface area contributed by atoms with E-state index in [-0.39, 0.29) is 11.5 Å². The number of nitrogens with zero attached hydrogens (tertiary/aromatic N) is 1. The summed E-state index contributed by atoms with van der Waals surface area (Å²) in [4.78, 5) is 10.4. The molecular formula is C9H15NO4. The van der Waals surface area contributed by atoms with E-state index < -0.39 is 17.9 Å². The first-order valence-electron chi connectivity index (χ1n) is 4.52. The van der Waals surface area contributed by atoms with Crippen molar-refractivity contribution in [1.82, 2.24) is 0 Å². The molecule has 14 heavy (non-hydrogen) atoms. The number of hydrogen-bond donors (Lipinski definition) is 0. The summed E-state index contributed by atoms with van der Waals surface area (Å²) in [5.74, 6) is -0.708. The minimum absolute atomic E-state index is 0.270. The minimum atomic E-state index is -0.755. The standard InChI is InChI=1S/C9H15NO4/c1-4-5-7(10(11)12)8-6-13-9(2,3)14-8/h4,7-8H,1,5-6H2,2-3H3/t7-,8+/m0/s1. The molecule has 0 bridgehead atoms. The van der Waals surface area contributed by atoms with Gasteiger partial charge in [0.25, 0.3) is 0 Å². The van der Waals surface area contributed by atoms with Gasteiger partial charge < -0.3 is 9.47 Å². The molecule has 1 heterocycles. The zero-order chi connectivity index (χ0) is 10.8. The highest BCUT2D eigenvalue weighted by molar-refractivity contribution is 4.83. The topological polar surface area (TPSA) is 61.6 Å². The molecule has 80 valence electrons. The van der Waals surface area contributed by atoms with Crippen molar-refractivity contribution in [2.75, 3.05) is 6.61 Å². The second kappa shape index (κ2) is 4.06. The molecule has 1 saturated heterocycles. The fraction of sp³-hybridized carbons (Fsp3) is 0.778. The van der Waals surface area contributed by atoms with Gasteiger partial charge in [-0.1, -0.05) is 6.08 Å². The number of ether oxygens (including phenoxy) is 2. The summed E-state index contributed by atoms with van der Waals surface area (Å²) in [6.45, 7) is 7.26. The largest absolute Gasteiger partial charge is 0.348 e. The summed E-state index contributed by atoms with van der Waals surface area (Å²) in [5, 5.41) is 10.7. The molecular weight excluding hydrogens is 186 g/mol.